The van der Waals surface area contributed by atoms with E-state index in [9.17, 15) is 0 Å². The molecule has 0 aliphatic rings. The van der Waals surface area contributed by atoms with Crippen LogP contribution in [-0.2, 0) is 13.6 Å². The Bertz CT molecular complexity index is 479. The standard InChI is InChI=1S/C10H13N5S/c1-7-8(6-11)9(15(2)14-7)16-10-12-4-3-5-13-10/h3-5H,6,11H2,1-2H3. The van der Waals surface area contributed by atoms with Gasteiger partial charge in [-0.25, -0.2) is 9.97 Å². The molecule has 5 nitrogen and oxygen atoms in total. The number of aromatic nitrogens is 4. The Morgan fingerprint density at radius 2 is 2.06 bits per heavy atom. The molecule has 0 amide bonds. The first-order valence-electron chi connectivity index (χ1n) is 4.89. The summed E-state index contributed by atoms with van der Waals surface area (Å²) < 4.78 is 1.82. The summed E-state index contributed by atoms with van der Waals surface area (Å²) in [6, 6.07) is 1.79. The molecule has 16 heavy (non-hydrogen) atoms. The number of rotatable bonds is 3. The summed E-state index contributed by atoms with van der Waals surface area (Å²) in [5.74, 6) is 0. The maximum Gasteiger partial charge on any atom is 0.193 e. The van der Waals surface area contributed by atoms with Crippen LogP contribution in [0.3, 0.4) is 0 Å². The van der Waals surface area contributed by atoms with Gasteiger partial charge in [-0.1, -0.05) is 0 Å². The zero-order valence-corrected chi connectivity index (χ0v) is 10.0. The topological polar surface area (TPSA) is 69.6 Å². The lowest BCUT2D eigenvalue weighted by molar-refractivity contribution is 0.687. The molecular weight excluding hydrogens is 222 g/mol. The Balaban J connectivity index is 2.34. The Morgan fingerprint density at radius 1 is 1.38 bits per heavy atom. The van der Waals surface area contributed by atoms with Crippen LogP contribution in [0.1, 0.15) is 11.3 Å². The highest BCUT2D eigenvalue weighted by Gasteiger charge is 2.13. The van der Waals surface area contributed by atoms with Crippen LogP contribution in [0.4, 0.5) is 0 Å². The molecule has 6 heteroatoms. The fraction of sp³-hybridized carbons (Fsp3) is 0.300. The van der Waals surface area contributed by atoms with Crippen LogP contribution in [0.2, 0.25) is 0 Å². The van der Waals surface area contributed by atoms with Gasteiger partial charge in [0, 0.05) is 31.5 Å². The molecule has 0 spiro atoms. The highest BCUT2D eigenvalue weighted by atomic mass is 32.2. The molecule has 84 valence electrons. The average Bonchev–Trinajstić information content (AvgIpc) is 2.55. The molecule has 0 atom stereocenters. The number of hydrogen-bond acceptors (Lipinski definition) is 5. The van der Waals surface area contributed by atoms with Crippen molar-refractivity contribution in [3.05, 3.63) is 29.7 Å². The number of hydrogen-bond donors (Lipinski definition) is 1. The van der Waals surface area contributed by atoms with Crippen molar-refractivity contribution in [1.29, 1.82) is 0 Å². The third-order valence-electron chi connectivity index (χ3n) is 2.22. The van der Waals surface area contributed by atoms with E-state index in [1.165, 1.54) is 11.8 Å². The molecular formula is C10H13N5S. The summed E-state index contributed by atoms with van der Waals surface area (Å²) >= 11 is 1.48. The second-order valence-electron chi connectivity index (χ2n) is 3.33. The van der Waals surface area contributed by atoms with Crippen molar-refractivity contribution in [3.63, 3.8) is 0 Å². The van der Waals surface area contributed by atoms with Crippen molar-refractivity contribution in [1.82, 2.24) is 19.7 Å². The van der Waals surface area contributed by atoms with Gasteiger partial charge in [0.05, 0.1) is 5.69 Å². The molecule has 2 aromatic rings. The number of aryl methyl sites for hydroxylation is 2. The summed E-state index contributed by atoms with van der Waals surface area (Å²) in [5, 5.41) is 6.05. The van der Waals surface area contributed by atoms with Crippen molar-refractivity contribution >= 4 is 11.8 Å². The van der Waals surface area contributed by atoms with E-state index in [1.807, 2.05) is 18.7 Å². The summed E-state index contributed by atoms with van der Waals surface area (Å²) in [5.41, 5.74) is 7.73. The van der Waals surface area contributed by atoms with Crippen molar-refractivity contribution in [2.45, 2.75) is 23.7 Å². The Morgan fingerprint density at radius 3 is 2.69 bits per heavy atom. The first kappa shape index (κ1) is 11.1. The molecule has 0 saturated heterocycles. The molecule has 2 aromatic heterocycles. The summed E-state index contributed by atoms with van der Waals surface area (Å²) in [6.07, 6.45) is 3.45. The minimum absolute atomic E-state index is 0.481. The maximum absolute atomic E-state index is 5.71. The van der Waals surface area contributed by atoms with Gasteiger partial charge in [0.2, 0.25) is 0 Å². The average molecular weight is 235 g/mol. The van der Waals surface area contributed by atoms with E-state index in [1.54, 1.807) is 18.5 Å². The highest BCUT2D eigenvalue weighted by Crippen LogP contribution is 2.28. The molecule has 2 N–H and O–H groups in total. The lowest BCUT2D eigenvalue weighted by Crippen LogP contribution is -2.00. The van der Waals surface area contributed by atoms with Gasteiger partial charge in [0.1, 0.15) is 5.03 Å². The predicted molar refractivity (Wildman–Crippen MR) is 62.0 cm³/mol. The van der Waals surface area contributed by atoms with E-state index in [0.717, 1.165) is 16.3 Å². The Hall–Kier alpha value is -1.40. The van der Waals surface area contributed by atoms with Gasteiger partial charge in [0.15, 0.2) is 5.16 Å². The minimum Gasteiger partial charge on any atom is -0.326 e. The third kappa shape index (κ3) is 2.07. The number of nitrogens with two attached hydrogens (primary N) is 1. The second-order valence-corrected chi connectivity index (χ2v) is 4.29. The lowest BCUT2D eigenvalue weighted by atomic mass is 10.3. The molecule has 0 aliphatic carbocycles. The Kier molecular flexibility index (Phi) is 3.21. The van der Waals surface area contributed by atoms with Gasteiger partial charge >= 0.3 is 0 Å². The van der Waals surface area contributed by atoms with E-state index >= 15 is 0 Å². The second kappa shape index (κ2) is 4.63. The normalized spacial score (nSPS) is 10.7. The van der Waals surface area contributed by atoms with E-state index < -0.39 is 0 Å². The van der Waals surface area contributed by atoms with E-state index in [-0.39, 0.29) is 0 Å². The van der Waals surface area contributed by atoms with Crippen molar-refractivity contribution in [3.8, 4) is 0 Å². The van der Waals surface area contributed by atoms with Crippen LogP contribution >= 0.6 is 11.8 Å². The van der Waals surface area contributed by atoms with E-state index in [4.69, 9.17) is 5.73 Å². The maximum atomic E-state index is 5.71. The van der Waals surface area contributed by atoms with Gasteiger partial charge in [-0.2, -0.15) is 5.10 Å². The quantitative estimate of drug-likeness (QED) is 0.808. The molecule has 0 bridgehead atoms. The molecule has 2 heterocycles. The molecule has 0 aromatic carbocycles. The smallest absolute Gasteiger partial charge is 0.193 e. The summed E-state index contributed by atoms with van der Waals surface area (Å²) in [7, 11) is 1.90. The third-order valence-corrected chi connectivity index (χ3v) is 3.32. The first-order chi connectivity index (χ1) is 7.72. The molecule has 0 fully saturated rings. The van der Waals surface area contributed by atoms with E-state index in [0.29, 0.717) is 11.7 Å². The van der Waals surface area contributed by atoms with Crippen LogP contribution in [0, 0.1) is 6.92 Å². The largest absolute Gasteiger partial charge is 0.326 e. The van der Waals surface area contributed by atoms with E-state index in [2.05, 4.69) is 15.1 Å². The van der Waals surface area contributed by atoms with Gasteiger partial charge in [0.25, 0.3) is 0 Å². The van der Waals surface area contributed by atoms with Crippen molar-refractivity contribution in [2.24, 2.45) is 12.8 Å². The van der Waals surface area contributed by atoms with Crippen LogP contribution in [0.5, 0.6) is 0 Å². The zero-order chi connectivity index (χ0) is 11.5. The predicted octanol–water partition coefficient (Wildman–Crippen LogP) is 1.13. The molecule has 0 unspecified atom stereocenters. The van der Waals surface area contributed by atoms with Crippen LogP contribution in [0.25, 0.3) is 0 Å². The lowest BCUT2D eigenvalue weighted by Gasteiger charge is -2.02. The highest BCUT2D eigenvalue weighted by molar-refractivity contribution is 7.99. The molecule has 0 radical (unpaired) electrons. The minimum atomic E-state index is 0.481. The monoisotopic (exact) mass is 235 g/mol. The van der Waals surface area contributed by atoms with Gasteiger partial charge in [-0.05, 0) is 24.8 Å². The van der Waals surface area contributed by atoms with Gasteiger partial charge in [-0.3, -0.25) is 4.68 Å². The van der Waals surface area contributed by atoms with Crippen LogP contribution in [-0.4, -0.2) is 19.7 Å². The van der Waals surface area contributed by atoms with Crippen LogP contribution in [0.15, 0.2) is 28.6 Å². The van der Waals surface area contributed by atoms with Crippen LogP contribution < -0.4 is 5.73 Å². The van der Waals surface area contributed by atoms with Gasteiger partial charge < -0.3 is 5.73 Å². The number of nitrogens with zero attached hydrogens (tertiary/aromatic N) is 4. The zero-order valence-electron chi connectivity index (χ0n) is 9.21. The van der Waals surface area contributed by atoms with Crippen molar-refractivity contribution < 1.29 is 0 Å². The molecule has 0 saturated carbocycles. The SMILES string of the molecule is Cc1nn(C)c(Sc2ncccn2)c1CN. The van der Waals surface area contributed by atoms with Crippen molar-refractivity contribution in [2.75, 3.05) is 0 Å². The molecule has 2 rings (SSSR count). The first-order valence-corrected chi connectivity index (χ1v) is 5.71. The summed E-state index contributed by atoms with van der Waals surface area (Å²) in [6.45, 7) is 2.44. The fourth-order valence-electron chi connectivity index (χ4n) is 1.47. The Labute approximate surface area is 98.1 Å². The fourth-order valence-corrected chi connectivity index (χ4v) is 2.40. The summed E-state index contributed by atoms with van der Waals surface area (Å²) in [4.78, 5) is 8.34. The molecule has 0 aliphatic heterocycles. The van der Waals surface area contributed by atoms with Gasteiger partial charge in [-0.15, -0.1) is 0 Å².